The Kier molecular flexibility index (Phi) is 2.81. The van der Waals surface area contributed by atoms with Crippen molar-refractivity contribution in [2.75, 3.05) is 6.54 Å². The highest BCUT2D eigenvalue weighted by atomic mass is 16.3. The zero-order valence-electron chi connectivity index (χ0n) is 11.0. The minimum absolute atomic E-state index is 0.244. The Morgan fingerprint density at radius 1 is 1.00 bits per heavy atom. The third-order valence-corrected chi connectivity index (χ3v) is 3.62. The number of rotatable bonds is 3. The van der Waals surface area contributed by atoms with Crippen LogP contribution in [0.1, 0.15) is 6.92 Å². The lowest BCUT2D eigenvalue weighted by Gasteiger charge is -2.23. The van der Waals surface area contributed by atoms with Gasteiger partial charge < -0.3 is 15.4 Å². The predicted octanol–water partition coefficient (Wildman–Crippen LogP) is 2.50. The number of aliphatic hydroxyl groups is 1. The summed E-state index contributed by atoms with van der Waals surface area (Å²) in [6.07, 6.45) is 0. The molecule has 0 aliphatic heterocycles. The highest BCUT2D eigenvalue weighted by Gasteiger charge is 2.21. The molecule has 19 heavy (non-hydrogen) atoms. The van der Waals surface area contributed by atoms with E-state index in [-0.39, 0.29) is 6.54 Å². The maximum absolute atomic E-state index is 10.3. The van der Waals surface area contributed by atoms with Crippen LogP contribution in [0.5, 0.6) is 0 Å². The number of benzene rings is 2. The van der Waals surface area contributed by atoms with Gasteiger partial charge in [-0.3, -0.25) is 0 Å². The van der Waals surface area contributed by atoms with E-state index < -0.39 is 5.60 Å². The Morgan fingerprint density at radius 3 is 1.95 bits per heavy atom. The van der Waals surface area contributed by atoms with Gasteiger partial charge in [0.25, 0.3) is 0 Å². The van der Waals surface area contributed by atoms with Crippen LogP contribution in [-0.2, 0) is 6.54 Å². The van der Waals surface area contributed by atoms with E-state index in [4.69, 9.17) is 5.73 Å². The average molecular weight is 254 g/mol. The molecule has 3 rings (SSSR count). The second-order valence-electron chi connectivity index (χ2n) is 5.32. The van der Waals surface area contributed by atoms with Crippen molar-refractivity contribution in [1.29, 1.82) is 0 Å². The van der Waals surface area contributed by atoms with Gasteiger partial charge in [-0.1, -0.05) is 36.4 Å². The van der Waals surface area contributed by atoms with Crippen molar-refractivity contribution < 1.29 is 5.11 Å². The third kappa shape index (κ3) is 2.01. The molecule has 0 aliphatic carbocycles. The number of hydrogen-bond donors (Lipinski definition) is 2. The molecule has 98 valence electrons. The molecule has 1 unspecified atom stereocenters. The van der Waals surface area contributed by atoms with Crippen LogP contribution in [0, 0.1) is 0 Å². The van der Waals surface area contributed by atoms with Gasteiger partial charge in [0.15, 0.2) is 0 Å². The predicted molar refractivity (Wildman–Crippen MR) is 79.1 cm³/mol. The van der Waals surface area contributed by atoms with Crippen molar-refractivity contribution in [1.82, 2.24) is 4.57 Å². The zero-order valence-corrected chi connectivity index (χ0v) is 11.0. The van der Waals surface area contributed by atoms with Crippen LogP contribution >= 0.6 is 0 Å². The maximum atomic E-state index is 10.3. The van der Waals surface area contributed by atoms with Crippen LogP contribution in [-0.4, -0.2) is 21.8 Å². The van der Waals surface area contributed by atoms with E-state index in [1.165, 1.54) is 10.8 Å². The van der Waals surface area contributed by atoms with Crippen molar-refractivity contribution in [3.63, 3.8) is 0 Å². The molecule has 3 nitrogen and oxygen atoms in total. The molecule has 0 amide bonds. The summed E-state index contributed by atoms with van der Waals surface area (Å²) in [5.41, 5.74) is 7.02. The van der Waals surface area contributed by atoms with Crippen LogP contribution < -0.4 is 5.73 Å². The number of hydrogen-bond acceptors (Lipinski definition) is 2. The van der Waals surface area contributed by atoms with Gasteiger partial charge in [0, 0.05) is 28.4 Å². The van der Waals surface area contributed by atoms with Gasteiger partial charge in [-0.05, 0) is 19.1 Å². The topological polar surface area (TPSA) is 51.2 Å². The zero-order chi connectivity index (χ0) is 13.5. The number of aromatic nitrogens is 1. The van der Waals surface area contributed by atoms with Crippen molar-refractivity contribution in [2.45, 2.75) is 19.1 Å². The van der Waals surface area contributed by atoms with Crippen LogP contribution in [0.3, 0.4) is 0 Å². The Hall–Kier alpha value is -1.84. The number of fused-ring (bicyclic) bond motifs is 3. The smallest absolute Gasteiger partial charge is 0.0919 e. The summed E-state index contributed by atoms with van der Waals surface area (Å²) in [5, 5.41) is 12.7. The molecule has 0 saturated carbocycles. The Bertz CT molecular complexity index is 675. The summed E-state index contributed by atoms with van der Waals surface area (Å²) < 4.78 is 2.15. The summed E-state index contributed by atoms with van der Waals surface area (Å²) in [7, 11) is 0. The molecule has 1 atom stereocenters. The van der Waals surface area contributed by atoms with Gasteiger partial charge >= 0.3 is 0 Å². The second-order valence-corrected chi connectivity index (χ2v) is 5.32. The van der Waals surface area contributed by atoms with E-state index in [2.05, 4.69) is 28.8 Å². The van der Waals surface area contributed by atoms with E-state index in [9.17, 15) is 5.11 Å². The van der Waals surface area contributed by atoms with Gasteiger partial charge in [0.2, 0.25) is 0 Å². The van der Waals surface area contributed by atoms with Gasteiger partial charge in [0.1, 0.15) is 0 Å². The summed E-state index contributed by atoms with van der Waals surface area (Å²) >= 11 is 0. The molecule has 2 aromatic carbocycles. The Balaban J connectivity index is 2.31. The molecular weight excluding hydrogens is 236 g/mol. The van der Waals surface area contributed by atoms with E-state index >= 15 is 0 Å². The highest BCUT2D eigenvalue weighted by molar-refractivity contribution is 6.07. The first kappa shape index (κ1) is 12.2. The molecule has 3 aromatic rings. The van der Waals surface area contributed by atoms with Crippen LogP contribution in [0.2, 0.25) is 0 Å². The quantitative estimate of drug-likeness (QED) is 0.754. The fourth-order valence-corrected chi connectivity index (χ4v) is 2.58. The highest BCUT2D eigenvalue weighted by Crippen LogP contribution is 2.29. The molecule has 0 fully saturated rings. The van der Waals surface area contributed by atoms with Gasteiger partial charge in [-0.15, -0.1) is 0 Å². The molecule has 0 aliphatic rings. The van der Waals surface area contributed by atoms with Crippen LogP contribution in [0.25, 0.3) is 21.8 Å². The largest absolute Gasteiger partial charge is 0.387 e. The van der Waals surface area contributed by atoms with Gasteiger partial charge in [0.05, 0.1) is 12.1 Å². The summed E-state index contributed by atoms with van der Waals surface area (Å²) in [6, 6.07) is 16.5. The second kappa shape index (κ2) is 4.37. The first-order valence-electron chi connectivity index (χ1n) is 6.51. The van der Waals surface area contributed by atoms with Crippen LogP contribution in [0.15, 0.2) is 48.5 Å². The molecule has 0 radical (unpaired) electrons. The number of nitrogens with zero attached hydrogens (tertiary/aromatic N) is 1. The van der Waals surface area contributed by atoms with Gasteiger partial charge in [-0.25, -0.2) is 0 Å². The van der Waals surface area contributed by atoms with Crippen molar-refractivity contribution in [3.05, 3.63) is 48.5 Å². The molecule has 3 N–H and O–H groups in total. The molecule has 1 heterocycles. The Morgan fingerprint density at radius 2 is 1.47 bits per heavy atom. The molecule has 0 bridgehead atoms. The van der Waals surface area contributed by atoms with E-state index in [0.29, 0.717) is 6.54 Å². The molecule has 1 aromatic heterocycles. The van der Waals surface area contributed by atoms with Crippen molar-refractivity contribution >= 4 is 21.8 Å². The number of nitrogens with two attached hydrogens (primary N) is 1. The monoisotopic (exact) mass is 254 g/mol. The van der Waals surface area contributed by atoms with E-state index in [1.54, 1.807) is 6.92 Å². The molecule has 0 saturated heterocycles. The molecule has 0 spiro atoms. The lowest BCUT2D eigenvalue weighted by molar-refractivity contribution is 0.0531. The first-order chi connectivity index (χ1) is 9.12. The minimum atomic E-state index is -0.898. The van der Waals surface area contributed by atoms with E-state index in [1.807, 2.05) is 24.3 Å². The summed E-state index contributed by atoms with van der Waals surface area (Å²) in [6.45, 7) is 2.52. The maximum Gasteiger partial charge on any atom is 0.0919 e. The minimum Gasteiger partial charge on any atom is -0.387 e. The Labute approximate surface area is 112 Å². The third-order valence-electron chi connectivity index (χ3n) is 3.62. The van der Waals surface area contributed by atoms with E-state index in [0.717, 1.165) is 11.0 Å². The van der Waals surface area contributed by atoms with Crippen molar-refractivity contribution in [3.8, 4) is 0 Å². The average Bonchev–Trinajstić information content (AvgIpc) is 2.74. The summed E-state index contributed by atoms with van der Waals surface area (Å²) in [4.78, 5) is 0. The molecular formula is C16H18N2O. The normalized spacial score (nSPS) is 14.9. The van der Waals surface area contributed by atoms with Crippen molar-refractivity contribution in [2.24, 2.45) is 5.73 Å². The number of para-hydroxylation sites is 2. The fraction of sp³-hybridized carbons (Fsp3) is 0.250. The van der Waals surface area contributed by atoms with Crippen LogP contribution in [0.4, 0.5) is 0 Å². The van der Waals surface area contributed by atoms with Gasteiger partial charge in [-0.2, -0.15) is 0 Å². The lowest BCUT2D eigenvalue weighted by atomic mass is 10.1. The molecule has 3 heteroatoms. The summed E-state index contributed by atoms with van der Waals surface area (Å²) in [5.74, 6) is 0. The SMILES string of the molecule is CC(O)(CN)Cn1c2ccccc2c2ccccc21. The first-order valence-corrected chi connectivity index (χ1v) is 6.51. The lowest BCUT2D eigenvalue weighted by Crippen LogP contribution is -2.38. The standard InChI is InChI=1S/C16H18N2O/c1-16(19,10-17)11-18-14-8-4-2-6-12(14)13-7-3-5-9-15(13)18/h2-9,19H,10-11,17H2,1H3. The fourth-order valence-electron chi connectivity index (χ4n) is 2.58.